The Hall–Kier alpha value is -1.88. The largest absolute Gasteiger partial charge is 0.381 e. The van der Waals surface area contributed by atoms with E-state index in [0.717, 1.165) is 31.5 Å². The summed E-state index contributed by atoms with van der Waals surface area (Å²) in [6.45, 7) is 4.09. The van der Waals surface area contributed by atoms with Gasteiger partial charge in [0.15, 0.2) is 0 Å². The highest BCUT2D eigenvalue weighted by Gasteiger charge is 2.25. The molecule has 0 bridgehead atoms. The average molecular weight is 316 g/mol. The maximum atomic E-state index is 12.6. The Morgan fingerprint density at radius 1 is 1.17 bits per heavy atom. The van der Waals surface area contributed by atoms with E-state index in [2.05, 4.69) is 12.2 Å². The van der Waals surface area contributed by atoms with E-state index in [0.29, 0.717) is 24.8 Å². The van der Waals surface area contributed by atoms with E-state index < -0.39 is 0 Å². The molecule has 2 aliphatic rings. The van der Waals surface area contributed by atoms with Gasteiger partial charge in [-0.25, -0.2) is 0 Å². The molecule has 0 saturated carbocycles. The summed E-state index contributed by atoms with van der Waals surface area (Å²) in [6.07, 6.45) is 4.12. The number of carbonyl (C=O) groups is 2. The summed E-state index contributed by atoms with van der Waals surface area (Å²) >= 11 is 0. The van der Waals surface area contributed by atoms with Crippen molar-refractivity contribution in [3.63, 3.8) is 0 Å². The summed E-state index contributed by atoms with van der Waals surface area (Å²) in [4.78, 5) is 26.6. The summed E-state index contributed by atoms with van der Waals surface area (Å²) in [6, 6.07) is 7.50. The lowest BCUT2D eigenvalue weighted by Gasteiger charge is -2.33. The summed E-state index contributed by atoms with van der Waals surface area (Å²) in [7, 11) is 0. The summed E-state index contributed by atoms with van der Waals surface area (Å²) < 4.78 is 5.23. The number of nitrogens with one attached hydrogen (secondary N) is 1. The molecule has 2 heterocycles. The minimum Gasteiger partial charge on any atom is -0.381 e. The second kappa shape index (κ2) is 7.13. The van der Waals surface area contributed by atoms with Crippen LogP contribution in [-0.4, -0.2) is 42.5 Å². The van der Waals surface area contributed by atoms with Gasteiger partial charge in [-0.15, -0.1) is 0 Å². The molecule has 1 N–H and O–H groups in total. The number of benzene rings is 1. The number of anilines is 1. The number of carbonyl (C=O) groups excluding carboxylic acids is 2. The number of ether oxygens (including phenoxy) is 1. The lowest BCUT2D eigenvalue weighted by molar-refractivity contribution is -0.119. The van der Waals surface area contributed by atoms with Crippen molar-refractivity contribution in [1.29, 1.82) is 0 Å². The smallest absolute Gasteiger partial charge is 0.254 e. The maximum absolute atomic E-state index is 12.6. The van der Waals surface area contributed by atoms with Crippen molar-refractivity contribution in [1.82, 2.24) is 4.90 Å². The van der Waals surface area contributed by atoms with Crippen molar-refractivity contribution in [3.05, 3.63) is 29.8 Å². The summed E-state index contributed by atoms with van der Waals surface area (Å²) in [5.74, 6) is 0.0102. The molecule has 0 aromatic heterocycles. The molecule has 1 aromatic carbocycles. The predicted molar refractivity (Wildman–Crippen MR) is 88.3 cm³/mol. The number of amides is 2. The molecule has 0 spiro atoms. The van der Waals surface area contributed by atoms with Gasteiger partial charge in [0.25, 0.3) is 5.91 Å². The molecular formula is C18H24N2O3. The Bertz CT molecular complexity index is 564. The Morgan fingerprint density at radius 2 is 1.96 bits per heavy atom. The second-order valence-corrected chi connectivity index (χ2v) is 6.47. The van der Waals surface area contributed by atoms with E-state index in [4.69, 9.17) is 4.74 Å². The number of hydrogen-bond donors (Lipinski definition) is 1. The van der Waals surface area contributed by atoms with Crippen LogP contribution in [0.15, 0.2) is 24.3 Å². The van der Waals surface area contributed by atoms with Gasteiger partial charge in [-0.05, 0) is 56.9 Å². The first-order chi connectivity index (χ1) is 11.1. The Labute approximate surface area is 137 Å². The third-order valence-electron chi connectivity index (χ3n) is 4.76. The van der Waals surface area contributed by atoms with Gasteiger partial charge in [-0.2, -0.15) is 0 Å². The fourth-order valence-corrected chi connectivity index (χ4v) is 3.25. The minimum atomic E-state index is -0.0643. The van der Waals surface area contributed by atoms with Gasteiger partial charge < -0.3 is 15.0 Å². The first-order valence-corrected chi connectivity index (χ1v) is 8.45. The fraction of sp³-hybridized carbons (Fsp3) is 0.556. The number of likely N-dealkylation sites (tertiary alicyclic amines) is 1. The molecule has 5 heteroatoms. The molecule has 0 aliphatic carbocycles. The van der Waals surface area contributed by atoms with Crippen LogP contribution in [0.4, 0.5) is 5.69 Å². The predicted octanol–water partition coefficient (Wildman–Crippen LogP) is 2.68. The molecular weight excluding hydrogens is 292 g/mol. The molecule has 2 amide bonds. The fourth-order valence-electron chi connectivity index (χ4n) is 3.25. The van der Waals surface area contributed by atoms with Crippen LogP contribution in [-0.2, 0) is 9.53 Å². The van der Waals surface area contributed by atoms with Crippen molar-refractivity contribution >= 4 is 17.5 Å². The molecule has 2 saturated heterocycles. The minimum absolute atomic E-state index is 0.00812. The van der Waals surface area contributed by atoms with Gasteiger partial charge in [-0.1, -0.05) is 0 Å². The second-order valence-electron chi connectivity index (χ2n) is 6.47. The highest BCUT2D eigenvalue weighted by Crippen LogP contribution is 2.21. The number of rotatable bonds is 3. The monoisotopic (exact) mass is 316 g/mol. The van der Waals surface area contributed by atoms with E-state index >= 15 is 0 Å². The van der Waals surface area contributed by atoms with Crippen LogP contribution in [0.5, 0.6) is 0 Å². The van der Waals surface area contributed by atoms with Gasteiger partial charge in [-0.3, -0.25) is 9.59 Å². The van der Waals surface area contributed by atoms with E-state index in [1.54, 1.807) is 24.3 Å². The van der Waals surface area contributed by atoms with E-state index in [1.165, 1.54) is 6.42 Å². The van der Waals surface area contributed by atoms with Gasteiger partial charge in [0, 0.05) is 30.4 Å². The Kier molecular flexibility index (Phi) is 4.96. The summed E-state index contributed by atoms with van der Waals surface area (Å²) in [5.41, 5.74) is 1.41. The van der Waals surface area contributed by atoms with E-state index in [9.17, 15) is 9.59 Å². The van der Waals surface area contributed by atoms with Gasteiger partial charge in [0.05, 0.1) is 12.5 Å². The zero-order valence-electron chi connectivity index (χ0n) is 13.6. The van der Waals surface area contributed by atoms with Crippen LogP contribution < -0.4 is 5.32 Å². The van der Waals surface area contributed by atoms with Crippen molar-refractivity contribution in [2.45, 2.75) is 38.6 Å². The standard InChI is InChI=1S/C18H24N2O3/c1-13-4-2-3-10-20(13)18(22)14-5-7-16(8-6-14)19-17(21)15-9-11-23-12-15/h5-8,13,15H,2-4,9-12H2,1H3,(H,19,21). The van der Waals surface area contributed by atoms with Crippen LogP contribution in [0.1, 0.15) is 43.0 Å². The highest BCUT2D eigenvalue weighted by molar-refractivity contribution is 5.96. The number of piperidine rings is 1. The van der Waals surface area contributed by atoms with Crippen molar-refractivity contribution < 1.29 is 14.3 Å². The normalized spacial score (nSPS) is 24.5. The molecule has 23 heavy (non-hydrogen) atoms. The highest BCUT2D eigenvalue weighted by atomic mass is 16.5. The molecule has 3 rings (SSSR count). The van der Waals surface area contributed by atoms with Crippen LogP contribution in [0.25, 0.3) is 0 Å². The first kappa shape index (κ1) is 16.0. The quantitative estimate of drug-likeness (QED) is 0.932. The third-order valence-corrected chi connectivity index (χ3v) is 4.76. The first-order valence-electron chi connectivity index (χ1n) is 8.45. The lowest BCUT2D eigenvalue weighted by Crippen LogP contribution is -2.42. The van der Waals surface area contributed by atoms with Crippen LogP contribution in [0.3, 0.4) is 0 Å². The van der Waals surface area contributed by atoms with Gasteiger partial charge in [0.1, 0.15) is 0 Å². The number of hydrogen-bond acceptors (Lipinski definition) is 3. The zero-order valence-corrected chi connectivity index (χ0v) is 13.6. The van der Waals surface area contributed by atoms with Crippen molar-refractivity contribution in [2.75, 3.05) is 25.1 Å². The van der Waals surface area contributed by atoms with Crippen LogP contribution in [0, 0.1) is 5.92 Å². The molecule has 2 aliphatic heterocycles. The maximum Gasteiger partial charge on any atom is 0.254 e. The third kappa shape index (κ3) is 3.72. The SMILES string of the molecule is CC1CCCCN1C(=O)c1ccc(NC(=O)C2CCOC2)cc1. The van der Waals surface area contributed by atoms with Gasteiger partial charge in [0.2, 0.25) is 5.91 Å². The molecule has 2 fully saturated rings. The number of nitrogens with zero attached hydrogens (tertiary/aromatic N) is 1. The molecule has 1 aromatic rings. The molecule has 2 atom stereocenters. The molecule has 2 unspecified atom stereocenters. The average Bonchev–Trinajstić information content (AvgIpc) is 3.10. The lowest BCUT2D eigenvalue weighted by atomic mass is 10.0. The molecule has 5 nitrogen and oxygen atoms in total. The van der Waals surface area contributed by atoms with Gasteiger partial charge >= 0.3 is 0 Å². The van der Waals surface area contributed by atoms with Crippen molar-refractivity contribution in [2.24, 2.45) is 5.92 Å². The van der Waals surface area contributed by atoms with Crippen LogP contribution in [0.2, 0.25) is 0 Å². The van der Waals surface area contributed by atoms with Crippen LogP contribution >= 0.6 is 0 Å². The molecule has 0 radical (unpaired) electrons. The Morgan fingerprint density at radius 3 is 2.61 bits per heavy atom. The molecule has 124 valence electrons. The van der Waals surface area contributed by atoms with Crippen molar-refractivity contribution in [3.8, 4) is 0 Å². The zero-order chi connectivity index (χ0) is 16.2. The van der Waals surface area contributed by atoms with E-state index in [-0.39, 0.29) is 17.7 Å². The topological polar surface area (TPSA) is 58.6 Å². The summed E-state index contributed by atoms with van der Waals surface area (Å²) in [5, 5.41) is 2.89. The van der Waals surface area contributed by atoms with E-state index in [1.807, 2.05) is 4.90 Å². The Balaban J connectivity index is 1.62.